The van der Waals surface area contributed by atoms with Crippen molar-refractivity contribution >= 4 is 18.4 Å². The first-order valence-corrected chi connectivity index (χ1v) is 2.60. The fraction of sp³-hybridized carbons (Fsp3) is 0.500. The van der Waals surface area contributed by atoms with Crippen LogP contribution in [0.5, 0.6) is 0 Å². The Bertz CT molecular complexity index is 141. The van der Waals surface area contributed by atoms with Gasteiger partial charge in [-0.15, -0.1) is 24.8 Å². The van der Waals surface area contributed by atoms with Crippen molar-refractivity contribution < 1.29 is 9.90 Å². The predicted molar refractivity (Wildman–Crippen MR) is 40.9 cm³/mol. The summed E-state index contributed by atoms with van der Waals surface area (Å²) in [7, 11) is 0. The van der Waals surface area contributed by atoms with Gasteiger partial charge in [-0.1, -0.05) is 0 Å². The van der Waals surface area contributed by atoms with Crippen molar-refractivity contribution in [1.29, 1.82) is 0 Å². The minimum absolute atomic E-state index is 0. The molecule has 3 N–H and O–H groups in total. The van der Waals surface area contributed by atoms with Crippen molar-refractivity contribution in [3.8, 4) is 12.3 Å². The van der Waals surface area contributed by atoms with Gasteiger partial charge in [-0.25, -0.2) is 0 Å². The van der Waals surface area contributed by atoms with Gasteiger partial charge in [0.25, 0.3) is 0 Å². The fourth-order valence-electron chi connectivity index (χ4n) is 0.362. The van der Waals surface area contributed by atoms with Crippen molar-refractivity contribution in [2.75, 3.05) is 0 Å². The molecule has 0 aromatic carbocycles. The van der Waals surface area contributed by atoms with E-state index in [2.05, 4.69) is 5.92 Å². The van der Waals surface area contributed by atoms with Gasteiger partial charge in [0, 0.05) is 6.42 Å². The Labute approximate surface area is 66.0 Å². The fourth-order valence-corrected chi connectivity index (χ4v) is 0.362. The zero-order chi connectivity index (χ0) is 7.28. The zero-order valence-electron chi connectivity index (χ0n) is 5.41. The van der Waals surface area contributed by atoms with Crippen molar-refractivity contribution in [1.82, 2.24) is 0 Å². The number of carboxylic acid groups (broad SMARTS) is 1. The summed E-state index contributed by atoms with van der Waals surface area (Å²) in [5, 5.41) is 8.22. The Kier molecular flexibility index (Phi) is 7.68. The Morgan fingerprint density at radius 2 is 2.30 bits per heavy atom. The SMILES string of the molecule is C#CCC[C@@H](N)C(=O)O.Cl. The number of aliphatic carboxylic acids is 1. The molecular formula is C6H10ClNO2. The molecule has 0 saturated heterocycles. The lowest BCUT2D eigenvalue weighted by molar-refractivity contribution is -0.138. The molecular weight excluding hydrogens is 154 g/mol. The quantitative estimate of drug-likeness (QED) is 0.586. The molecule has 0 bridgehead atoms. The van der Waals surface area contributed by atoms with E-state index in [0.29, 0.717) is 12.8 Å². The first-order valence-electron chi connectivity index (χ1n) is 2.60. The highest BCUT2D eigenvalue weighted by Gasteiger charge is 2.08. The maximum atomic E-state index is 10.0. The van der Waals surface area contributed by atoms with Crippen molar-refractivity contribution in [2.24, 2.45) is 5.73 Å². The molecule has 0 aliphatic heterocycles. The van der Waals surface area contributed by atoms with Crippen LogP contribution in [0.15, 0.2) is 0 Å². The number of hydrogen-bond acceptors (Lipinski definition) is 2. The van der Waals surface area contributed by atoms with Gasteiger partial charge in [0.15, 0.2) is 0 Å². The topological polar surface area (TPSA) is 63.3 Å². The molecule has 0 saturated carbocycles. The number of hydrogen-bond donors (Lipinski definition) is 2. The van der Waals surface area contributed by atoms with Gasteiger partial charge in [0.05, 0.1) is 0 Å². The Hall–Kier alpha value is -0.720. The lowest BCUT2D eigenvalue weighted by atomic mass is 10.2. The molecule has 0 spiro atoms. The van der Waals surface area contributed by atoms with Crippen molar-refractivity contribution in [3.63, 3.8) is 0 Å². The van der Waals surface area contributed by atoms with Crippen LogP contribution in [0, 0.1) is 12.3 Å². The van der Waals surface area contributed by atoms with Gasteiger partial charge in [-0.05, 0) is 6.42 Å². The van der Waals surface area contributed by atoms with E-state index in [4.69, 9.17) is 17.3 Å². The number of halogens is 1. The van der Waals surface area contributed by atoms with Crippen LogP contribution in [0.1, 0.15) is 12.8 Å². The summed E-state index contributed by atoms with van der Waals surface area (Å²) in [6.07, 6.45) is 5.66. The first-order chi connectivity index (χ1) is 4.18. The van der Waals surface area contributed by atoms with Gasteiger partial charge in [0.2, 0.25) is 0 Å². The van der Waals surface area contributed by atoms with Gasteiger partial charge in [-0.2, -0.15) is 0 Å². The Morgan fingerprint density at radius 1 is 1.80 bits per heavy atom. The molecule has 0 heterocycles. The molecule has 0 aromatic rings. The summed E-state index contributed by atoms with van der Waals surface area (Å²) in [5.41, 5.74) is 5.11. The van der Waals surface area contributed by atoms with E-state index in [1.165, 1.54) is 0 Å². The lowest BCUT2D eigenvalue weighted by Gasteiger charge is -2.00. The predicted octanol–water partition coefficient (Wildman–Crippen LogP) is 0.234. The molecule has 0 amide bonds. The zero-order valence-corrected chi connectivity index (χ0v) is 6.23. The Morgan fingerprint density at radius 3 is 2.60 bits per heavy atom. The third-order valence-electron chi connectivity index (χ3n) is 0.917. The maximum Gasteiger partial charge on any atom is 0.320 e. The van der Waals surface area contributed by atoms with E-state index in [-0.39, 0.29) is 12.4 Å². The highest BCUT2D eigenvalue weighted by atomic mass is 35.5. The normalized spacial score (nSPS) is 10.8. The van der Waals surface area contributed by atoms with Crippen LogP contribution in [0.3, 0.4) is 0 Å². The van der Waals surface area contributed by atoms with Gasteiger partial charge in [-0.3, -0.25) is 4.79 Å². The van der Waals surface area contributed by atoms with E-state index in [1.807, 2.05) is 0 Å². The third-order valence-corrected chi connectivity index (χ3v) is 0.917. The van der Waals surface area contributed by atoms with Crippen LogP contribution in [0.4, 0.5) is 0 Å². The molecule has 0 unspecified atom stereocenters. The molecule has 58 valence electrons. The summed E-state index contributed by atoms with van der Waals surface area (Å²) in [6.45, 7) is 0. The highest BCUT2D eigenvalue weighted by Crippen LogP contribution is 1.91. The van der Waals surface area contributed by atoms with E-state index < -0.39 is 12.0 Å². The van der Waals surface area contributed by atoms with E-state index >= 15 is 0 Å². The summed E-state index contributed by atoms with van der Waals surface area (Å²) in [4.78, 5) is 10.0. The Balaban J connectivity index is 0. The van der Waals surface area contributed by atoms with Crippen LogP contribution in [0.2, 0.25) is 0 Å². The standard InChI is InChI=1S/C6H9NO2.ClH/c1-2-3-4-5(7)6(8)9;/h1,5H,3-4,7H2,(H,8,9);1H/t5-;/m1./s1. The van der Waals surface area contributed by atoms with Crippen LogP contribution < -0.4 is 5.73 Å². The number of nitrogens with two attached hydrogens (primary N) is 1. The second kappa shape index (κ2) is 6.40. The number of carbonyl (C=O) groups is 1. The van der Waals surface area contributed by atoms with Gasteiger partial charge in [0.1, 0.15) is 6.04 Å². The second-order valence-corrected chi connectivity index (χ2v) is 1.69. The summed E-state index contributed by atoms with van der Waals surface area (Å²) in [6, 6.07) is -0.805. The van der Waals surface area contributed by atoms with Crippen molar-refractivity contribution in [3.05, 3.63) is 0 Å². The van der Waals surface area contributed by atoms with Crippen LogP contribution in [0.25, 0.3) is 0 Å². The molecule has 3 nitrogen and oxygen atoms in total. The van der Waals surface area contributed by atoms with Crippen molar-refractivity contribution in [2.45, 2.75) is 18.9 Å². The van der Waals surface area contributed by atoms with Crippen LogP contribution in [-0.4, -0.2) is 17.1 Å². The summed E-state index contributed by atoms with van der Waals surface area (Å²) < 4.78 is 0. The first kappa shape index (κ1) is 12.0. The molecule has 0 fully saturated rings. The largest absolute Gasteiger partial charge is 0.480 e. The van der Waals surface area contributed by atoms with E-state index in [0.717, 1.165) is 0 Å². The van der Waals surface area contributed by atoms with E-state index in [1.54, 1.807) is 0 Å². The molecule has 0 rings (SSSR count). The molecule has 0 radical (unpaired) electrons. The lowest BCUT2D eigenvalue weighted by Crippen LogP contribution is -2.29. The minimum atomic E-state index is -0.995. The average Bonchev–Trinajstić information content (AvgIpc) is 1.82. The average molecular weight is 164 g/mol. The van der Waals surface area contributed by atoms with Crippen LogP contribution >= 0.6 is 12.4 Å². The van der Waals surface area contributed by atoms with E-state index in [9.17, 15) is 4.79 Å². The second-order valence-electron chi connectivity index (χ2n) is 1.69. The molecule has 0 aliphatic carbocycles. The molecule has 10 heavy (non-hydrogen) atoms. The van der Waals surface area contributed by atoms with Gasteiger partial charge >= 0.3 is 5.97 Å². The molecule has 0 aliphatic rings. The van der Waals surface area contributed by atoms with Crippen LogP contribution in [-0.2, 0) is 4.79 Å². The highest BCUT2D eigenvalue weighted by molar-refractivity contribution is 5.85. The van der Waals surface area contributed by atoms with Gasteiger partial charge < -0.3 is 10.8 Å². The minimum Gasteiger partial charge on any atom is -0.480 e. The number of terminal acetylenes is 1. The smallest absolute Gasteiger partial charge is 0.320 e. The number of carboxylic acids is 1. The maximum absolute atomic E-state index is 10.0. The monoisotopic (exact) mass is 163 g/mol. The molecule has 0 aromatic heterocycles. The molecule has 4 heteroatoms. The summed E-state index contributed by atoms with van der Waals surface area (Å²) >= 11 is 0. The number of rotatable bonds is 3. The third kappa shape index (κ3) is 5.42. The summed E-state index contributed by atoms with van der Waals surface area (Å²) in [5.74, 6) is 1.32. The molecule has 1 atom stereocenters.